The molecule has 0 rings (SSSR count). The van der Waals surface area contributed by atoms with Crippen molar-refractivity contribution < 1.29 is 14.3 Å². The highest BCUT2D eigenvalue weighted by atomic mass is 16.5. The predicted molar refractivity (Wildman–Crippen MR) is 48.4 cm³/mol. The lowest BCUT2D eigenvalue weighted by Gasteiger charge is -2.16. The number of hydrogen-bond donors (Lipinski definition) is 0. The molecule has 0 bridgehead atoms. The monoisotopic (exact) mass is 185 g/mol. The minimum absolute atomic E-state index is 0.326. The molecule has 5 heteroatoms. The normalized spacial score (nSPS) is 9.46. The van der Waals surface area contributed by atoms with Gasteiger partial charge in [-0.2, -0.15) is 4.79 Å². The summed E-state index contributed by atoms with van der Waals surface area (Å²) in [4.78, 5) is 15.3. The van der Waals surface area contributed by atoms with E-state index < -0.39 is 5.97 Å². The molecule has 0 aliphatic heterocycles. The number of rotatable bonds is 6. The fourth-order valence-corrected chi connectivity index (χ4v) is 0.900. The molecule has 0 amide bonds. The highest BCUT2D eigenvalue weighted by Crippen LogP contribution is 1.86. The van der Waals surface area contributed by atoms with Gasteiger partial charge in [0.1, 0.15) is 6.61 Å². The molecule has 0 fully saturated rings. The first-order chi connectivity index (χ1) is 6.24. The molecule has 0 aromatic carbocycles. The first-order valence-corrected chi connectivity index (χ1v) is 4.31. The lowest BCUT2D eigenvalue weighted by Crippen LogP contribution is -2.28. The number of hydrogen-bond acceptors (Lipinski definition) is 3. The Hall–Kier alpha value is -1.19. The fourth-order valence-electron chi connectivity index (χ4n) is 0.900. The van der Waals surface area contributed by atoms with E-state index in [1.54, 1.807) is 0 Å². The van der Waals surface area contributed by atoms with E-state index in [4.69, 9.17) is 10.3 Å². The van der Waals surface area contributed by atoms with E-state index in [1.807, 2.05) is 13.8 Å². The summed E-state index contributed by atoms with van der Waals surface area (Å²) in [6, 6.07) is 0. The molecule has 0 unspecified atom stereocenters. The van der Waals surface area contributed by atoms with Crippen molar-refractivity contribution in [1.82, 2.24) is 4.90 Å². The van der Waals surface area contributed by atoms with Gasteiger partial charge in [-0.3, -0.25) is 0 Å². The van der Waals surface area contributed by atoms with Gasteiger partial charge < -0.3 is 15.2 Å². The number of carbonyl (C=O) groups excluding carboxylic acids is 1. The summed E-state index contributed by atoms with van der Waals surface area (Å²) in [6.07, 6.45) is 0.738. The minimum Gasteiger partial charge on any atom is -0.456 e. The van der Waals surface area contributed by atoms with Gasteiger partial charge in [-0.25, -0.2) is 4.79 Å². The smallest absolute Gasteiger partial charge is 0.413 e. The van der Waals surface area contributed by atoms with E-state index in [9.17, 15) is 4.79 Å². The van der Waals surface area contributed by atoms with Gasteiger partial charge in [0.15, 0.2) is 0 Å². The molecular weight excluding hydrogens is 170 g/mol. The van der Waals surface area contributed by atoms with Crippen molar-refractivity contribution in [3.8, 4) is 0 Å². The molecule has 0 heterocycles. The van der Waals surface area contributed by atoms with Crippen molar-refractivity contribution in [2.45, 2.75) is 13.8 Å². The molecule has 0 atom stereocenters. The van der Waals surface area contributed by atoms with Gasteiger partial charge in [0.2, 0.25) is 0 Å². The molecule has 0 radical (unpaired) electrons. The fraction of sp³-hybridized carbons (Fsp3) is 0.750. The average Bonchev–Trinajstić information content (AvgIpc) is 2.13. The van der Waals surface area contributed by atoms with Crippen LogP contribution in [0.25, 0.3) is 5.53 Å². The van der Waals surface area contributed by atoms with Gasteiger partial charge >= 0.3 is 12.2 Å². The Labute approximate surface area is 77.9 Å². The first kappa shape index (κ1) is 11.8. The van der Waals surface area contributed by atoms with Gasteiger partial charge in [-0.15, -0.1) is 0 Å². The van der Waals surface area contributed by atoms with Crippen LogP contribution in [0.3, 0.4) is 0 Å². The van der Waals surface area contributed by atoms with Crippen molar-refractivity contribution in [3.05, 3.63) is 5.53 Å². The van der Waals surface area contributed by atoms with Crippen LogP contribution in [0.4, 0.5) is 0 Å². The van der Waals surface area contributed by atoms with Crippen LogP contribution in [0, 0.1) is 0 Å². The van der Waals surface area contributed by atoms with E-state index in [1.165, 1.54) is 0 Å². The standard InChI is InChI=1S/C8H15N3O2/c1-3-11(4-2)5-6-13-8(12)7-10-9/h7H,3-6H2,1-2H3. The Kier molecular flexibility index (Phi) is 6.78. The van der Waals surface area contributed by atoms with Crippen LogP contribution in [-0.4, -0.2) is 48.1 Å². The summed E-state index contributed by atoms with van der Waals surface area (Å²) < 4.78 is 4.73. The lowest BCUT2D eigenvalue weighted by atomic mass is 10.5. The van der Waals surface area contributed by atoms with Gasteiger partial charge in [-0.05, 0) is 13.1 Å². The van der Waals surface area contributed by atoms with Crippen molar-refractivity contribution in [2.24, 2.45) is 0 Å². The summed E-state index contributed by atoms with van der Waals surface area (Å²) in [5, 5.41) is 0. The largest absolute Gasteiger partial charge is 0.456 e. The quantitative estimate of drug-likeness (QED) is 0.256. The molecular formula is C8H15N3O2. The van der Waals surface area contributed by atoms with Crippen LogP contribution >= 0.6 is 0 Å². The minimum atomic E-state index is -0.616. The van der Waals surface area contributed by atoms with Crippen LogP contribution in [0.15, 0.2) is 0 Å². The average molecular weight is 185 g/mol. The van der Waals surface area contributed by atoms with Gasteiger partial charge in [0.05, 0.1) is 0 Å². The highest BCUT2D eigenvalue weighted by Gasteiger charge is 2.04. The maximum Gasteiger partial charge on any atom is 0.413 e. The third kappa shape index (κ3) is 6.02. The van der Waals surface area contributed by atoms with Crippen molar-refractivity contribution in [2.75, 3.05) is 26.2 Å². The van der Waals surface area contributed by atoms with Crippen molar-refractivity contribution in [3.63, 3.8) is 0 Å². The lowest BCUT2D eigenvalue weighted by molar-refractivity contribution is -0.139. The van der Waals surface area contributed by atoms with Gasteiger partial charge in [0.25, 0.3) is 0 Å². The molecule has 0 N–H and O–H groups in total. The maximum absolute atomic E-state index is 10.7. The number of ether oxygens (including phenoxy) is 1. The Morgan fingerprint density at radius 2 is 2.15 bits per heavy atom. The molecule has 0 aliphatic carbocycles. The third-order valence-electron chi connectivity index (χ3n) is 1.71. The van der Waals surface area contributed by atoms with Crippen molar-refractivity contribution >= 4 is 12.2 Å². The molecule has 74 valence electrons. The summed E-state index contributed by atoms with van der Waals surface area (Å²) in [5.74, 6) is -0.616. The van der Waals surface area contributed by atoms with Gasteiger partial charge in [0, 0.05) is 6.54 Å². The molecule has 5 nitrogen and oxygen atoms in total. The zero-order chi connectivity index (χ0) is 10.1. The molecule has 0 aromatic heterocycles. The number of likely N-dealkylation sites (N-methyl/N-ethyl adjacent to an activating group) is 1. The van der Waals surface area contributed by atoms with E-state index in [0.717, 1.165) is 19.3 Å². The third-order valence-corrected chi connectivity index (χ3v) is 1.71. The van der Waals surface area contributed by atoms with Crippen LogP contribution < -0.4 is 0 Å². The summed E-state index contributed by atoms with van der Waals surface area (Å²) in [5.41, 5.74) is 8.00. The second kappa shape index (κ2) is 7.46. The zero-order valence-corrected chi connectivity index (χ0v) is 8.06. The van der Waals surface area contributed by atoms with Crippen LogP contribution in [0.2, 0.25) is 0 Å². The number of carbonyl (C=O) groups is 1. The first-order valence-electron chi connectivity index (χ1n) is 4.31. The molecule has 0 aliphatic rings. The predicted octanol–water partition coefficient (Wildman–Crippen LogP) is 0.172. The summed E-state index contributed by atoms with van der Waals surface area (Å²) in [7, 11) is 0. The highest BCUT2D eigenvalue weighted by molar-refractivity contribution is 6.20. The summed E-state index contributed by atoms with van der Waals surface area (Å²) in [6.45, 7) is 6.98. The van der Waals surface area contributed by atoms with E-state index in [2.05, 4.69) is 9.69 Å². The molecule has 0 aromatic rings. The van der Waals surface area contributed by atoms with Crippen LogP contribution in [-0.2, 0) is 9.53 Å². The molecule has 0 spiro atoms. The van der Waals surface area contributed by atoms with E-state index in [0.29, 0.717) is 13.2 Å². The zero-order valence-electron chi connectivity index (χ0n) is 8.06. The van der Waals surface area contributed by atoms with E-state index >= 15 is 0 Å². The van der Waals surface area contributed by atoms with E-state index in [-0.39, 0.29) is 0 Å². The molecule has 13 heavy (non-hydrogen) atoms. The number of nitrogens with zero attached hydrogens (tertiary/aromatic N) is 3. The maximum atomic E-state index is 10.7. The Bertz CT molecular complexity index is 196. The Morgan fingerprint density at radius 1 is 1.54 bits per heavy atom. The molecule has 0 saturated heterocycles. The Morgan fingerprint density at radius 3 is 2.62 bits per heavy atom. The van der Waals surface area contributed by atoms with Crippen LogP contribution in [0.1, 0.15) is 13.8 Å². The second-order valence-electron chi connectivity index (χ2n) is 2.44. The second-order valence-corrected chi connectivity index (χ2v) is 2.44. The Balaban J connectivity index is 3.54. The molecule has 0 saturated carbocycles. The van der Waals surface area contributed by atoms with Crippen molar-refractivity contribution in [1.29, 1.82) is 0 Å². The van der Waals surface area contributed by atoms with Crippen LogP contribution in [0.5, 0.6) is 0 Å². The SMILES string of the molecule is CCN(CC)CCOC(=O)C=[N+]=[N-]. The summed E-state index contributed by atoms with van der Waals surface area (Å²) >= 11 is 0. The number of esters is 1. The topological polar surface area (TPSA) is 65.9 Å². The van der Waals surface area contributed by atoms with Gasteiger partial charge in [-0.1, -0.05) is 13.8 Å².